The van der Waals surface area contributed by atoms with E-state index >= 15 is 0 Å². The van der Waals surface area contributed by atoms with Crippen LogP contribution in [0.4, 0.5) is 0 Å². The van der Waals surface area contributed by atoms with Gasteiger partial charge in [0.25, 0.3) is 5.91 Å². The molecule has 1 amide bonds. The van der Waals surface area contributed by atoms with E-state index in [4.69, 9.17) is 4.42 Å². The maximum Gasteiger partial charge on any atom is 0.289 e. The smallest absolute Gasteiger partial charge is 0.289 e. The van der Waals surface area contributed by atoms with Crippen molar-refractivity contribution in [2.45, 2.75) is 32.0 Å². The van der Waals surface area contributed by atoms with Crippen molar-refractivity contribution in [2.24, 2.45) is 0 Å². The second kappa shape index (κ2) is 8.98. The van der Waals surface area contributed by atoms with E-state index in [1.165, 1.54) is 16.9 Å². The minimum Gasteiger partial charge on any atom is -0.454 e. The van der Waals surface area contributed by atoms with Crippen molar-refractivity contribution in [2.75, 3.05) is 19.3 Å². The summed E-state index contributed by atoms with van der Waals surface area (Å²) >= 11 is 0. The number of carbonyl (C=O) groups is 1. The topological polar surface area (TPSA) is 114 Å². The van der Waals surface area contributed by atoms with Crippen molar-refractivity contribution in [1.29, 1.82) is 0 Å². The van der Waals surface area contributed by atoms with Crippen LogP contribution in [-0.4, -0.2) is 68.7 Å². The molecule has 0 spiro atoms. The highest BCUT2D eigenvalue weighted by molar-refractivity contribution is 7.88. The number of hydrogen-bond donors (Lipinski definition) is 0. The number of sulfonamides is 1. The summed E-state index contributed by atoms with van der Waals surface area (Å²) in [5.41, 5.74) is 0.806. The van der Waals surface area contributed by atoms with E-state index in [2.05, 4.69) is 15.1 Å². The number of aromatic nitrogens is 4. The number of furan rings is 1. The highest BCUT2D eigenvalue weighted by Crippen LogP contribution is 2.23. The van der Waals surface area contributed by atoms with Crippen molar-refractivity contribution in [1.82, 2.24) is 29.0 Å². The van der Waals surface area contributed by atoms with Gasteiger partial charge in [0, 0.05) is 38.1 Å². The van der Waals surface area contributed by atoms with Crippen LogP contribution in [0.25, 0.3) is 0 Å². The van der Waals surface area contributed by atoms with E-state index in [1.54, 1.807) is 46.5 Å². The Bertz CT molecular complexity index is 1110. The molecule has 4 rings (SSSR count). The zero-order chi connectivity index (χ0) is 21.8. The molecule has 4 heterocycles. The van der Waals surface area contributed by atoms with Crippen LogP contribution in [0, 0.1) is 0 Å². The standard InChI is InChI=1S/C20H24N6O4S/c1-31(28,29)26(11-16-4-2-8-21-10-16)17-5-3-9-24(12-17)20(27)19-7-6-18(30-19)13-25-15-22-14-23-25/h2,4,6-8,10,14-15,17H,3,5,9,11-13H2,1H3. The van der Waals surface area contributed by atoms with Gasteiger partial charge in [0.05, 0.1) is 6.26 Å². The molecule has 1 unspecified atom stereocenters. The van der Waals surface area contributed by atoms with Gasteiger partial charge in [0.1, 0.15) is 25.0 Å². The van der Waals surface area contributed by atoms with Crippen LogP contribution in [0.1, 0.15) is 34.7 Å². The lowest BCUT2D eigenvalue weighted by Gasteiger charge is -2.37. The number of carbonyl (C=O) groups excluding carboxylic acids is 1. The summed E-state index contributed by atoms with van der Waals surface area (Å²) in [5, 5.41) is 4.03. The SMILES string of the molecule is CS(=O)(=O)N(Cc1cccnc1)C1CCCN(C(=O)c2ccc(Cn3cncn3)o2)C1. The van der Waals surface area contributed by atoms with Gasteiger partial charge in [0.2, 0.25) is 10.0 Å². The molecule has 1 aliphatic heterocycles. The summed E-state index contributed by atoms with van der Waals surface area (Å²) in [6.45, 7) is 1.47. The first kappa shape index (κ1) is 21.2. The quantitative estimate of drug-likeness (QED) is 0.541. The molecular weight excluding hydrogens is 420 g/mol. The summed E-state index contributed by atoms with van der Waals surface area (Å²) in [6, 6.07) is 6.69. The lowest BCUT2D eigenvalue weighted by Crippen LogP contribution is -2.51. The molecule has 0 aliphatic carbocycles. The molecule has 31 heavy (non-hydrogen) atoms. The Morgan fingerprint density at radius 3 is 2.87 bits per heavy atom. The average Bonchev–Trinajstić information content (AvgIpc) is 3.44. The third-order valence-electron chi connectivity index (χ3n) is 5.24. The lowest BCUT2D eigenvalue weighted by atomic mass is 10.0. The fraction of sp³-hybridized carbons (Fsp3) is 0.400. The highest BCUT2D eigenvalue weighted by atomic mass is 32.2. The molecule has 0 N–H and O–H groups in total. The molecular formula is C20H24N6O4S. The average molecular weight is 445 g/mol. The minimum atomic E-state index is -3.47. The molecule has 3 aromatic heterocycles. The molecule has 1 saturated heterocycles. The number of amides is 1. The molecule has 164 valence electrons. The predicted molar refractivity (Wildman–Crippen MR) is 111 cm³/mol. The number of likely N-dealkylation sites (tertiary alicyclic amines) is 1. The van der Waals surface area contributed by atoms with Gasteiger partial charge in [-0.3, -0.25) is 9.78 Å². The molecule has 0 saturated carbocycles. The number of hydrogen-bond acceptors (Lipinski definition) is 7. The van der Waals surface area contributed by atoms with Gasteiger partial charge >= 0.3 is 0 Å². The van der Waals surface area contributed by atoms with Crippen LogP contribution >= 0.6 is 0 Å². The van der Waals surface area contributed by atoms with Crippen LogP contribution in [0.3, 0.4) is 0 Å². The first-order valence-corrected chi connectivity index (χ1v) is 11.8. The van der Waals surface area contributed by atoms with Gasteiger partial charge in [0.15, 0.2) is 5.76 Å². The Labute approximate surface area is 180 Å². The largest absolute Gasteiger partial charge is 0.454 e. The third kappa shape index (κ3) is 5.17. The normalized spacial score (nSPS) is 17.2. The van der Waals surface area contributed by atoms with E-state index in [-0.39, 0.29) is 24.3 Å². The monoisotopic (exact) mass is 444 g/mol. The van der Waals surface area contributed by atoms with Crippen molar-refractivity contribution in [3.63, 3.8) is 0 Å². The maximum absolute atomic E-state index is 13.0. The molecule has 1 atom stereocenters. The van der Waals surface area contributed by atoms with Gasteiger partial charge in [-0.25, -0.2) is 18.1 Å². The summed E-state index contributed by atoms with van der Waals surface area (Å²) in [4.78, 5) is 22.6. The fourth-order valence-corrected chi connectivity index (χ4v) is 4.87. The number of rotatable bonds is 7. The van der Waals surface area contributed by atoms with E-state index < -0.39 is 10.0 Å². The number of nitrogens with zero attached hydrogens (tertiary/aromatic N) is 6. The summed E-state index contributed by atoms with van der Waals surface area (Å²) < 4.78 is 33.8. The minimum absolute atomic E-state index is 0.224. The van der Waals surface area contributed by atoms with Gasteiger partial charge in [-0.05, 0) is 36.6 Å². The Hall–Kier alpha value is -3.05. The van der Waals surface area contributed by atoms with Crippen LogP contribution in [0.5, 0.6) is 0 Å². The molecule has 10 nitrogen and oxygen atoms in total. The van der Waals surface area contributed by atoms with Gasteiger partial charge < -0.3 is 9.32 Å². The second-order valence-corrected chi connectivity index (χ2v) is 9.51. The Morgan fingerprint density at radius 2 is 2.16 bits per heavy atom. The predicted octanol–water partition coefficient (Wildman–Crippen LogP) is 1.38. The van der Waals surface area contributed by atoms with Crippen molar-refractivity contribution in [3.05, 3.63) is 66.4 Å². The zero-order valence-electron chi connectivity index (χ0n) is 17.2. The van der Waals surface area contributed by atoms with E-state index in [0.717, 1.165) is 5.56 Å². The Balaban J connectivity index is 1.46. The maximum atomic E-state index is 13.0. The Kier molecular flexibility index (Phi) is 6.14. The van der Waals surface area contributed by atoms with Gasteiger partial charge in [-0.2, -0.15) is 9.40 Å². The second-order valence-electron chi connectivity index (χ2n) is 7.58. The van der Waals surface area contributed by atoms with Gasteiger partial charge in [-0.1, -0.05) is 6.07 Å². The fourth-order valence-electron chi connectivity index (χ4n) is 3.77. The zero-order valence-corrected chi connectivity index (χ0v) is 18.0. The van der Waals surface area contributed by atoms with E-state index in [9.17, 15) is 13.2 Å². The third-order valence-corrected chi connectivity index (χ3v) is 6.51. The molecule has 0 aromatic carbocycles. The molecule has 0 bridgehead atoms. The van der Waals surface area contributed by atoms with Crippen molar-refractivity contribution < 1.29 is 17.6 Å². The summed E-state index contributed by atoms with van der Waals surface area (Å²) in [7, 11) is -3.47. The van der Waals surface area contributed by atoms with Crippen LogP contribution in [0.15, 0.2) is 53.7 Å². The molecule has 1 fully saturated rings. The molecule has 0 radical (unpaired) electrons. The van der Waals surface area contributed by atoms with Crippen molar-refractivity contribution in [3.8, 4) is 0 Å². The van der Waals surface area contributed by atoms with E-state index in [1.807, 2.05) is 6.07 Å². The van der Waals surface area contributed by atoms with Crippen LogP contribution < -0.4 is 0 Å². The highest BCUT2D eigenvalue weighted by Gasteiger charge is 2.33. The van der Waals surface area contributed by atoms with E-state index in [0.29, 0.717) is 38.2 Å². The first-order chi connectivity index (χ1) is 14.9. The molecule has 3 aromatic rings. The van der Waals surface area contributed by atoms with Crippen LogP contribution in [0.2, 0.25) is 0 Å². The lowest BCUT2D eigenvalue weighted by molar-refractivity contribution is 0.0617. The van der Waals surface area contributed by atoms with Crippen LogP contribution in [-0.2, 0) is 23.1 Å². The Morgan fingerprint density at radius 1 is 1.29 bits per heavy atom. The number of pyridine rings is 1. The number of piperidine rings is 1. The van der Waals surface area contributed by atoms with Crippen molar-refractivity contribution >= 4 is 15.9 Å². The first-order valence-electron chi connectivity index (χ1n) is 9.96. The molecule has 1 aliphatic rings. The summed E-state index contributed by atoms with van der Waals surface area (Å²) in [5.74, 6) is 0.579. The summed E-state index contributed by atoms with van der Waals surface area (Å²) in [6.07, 6.45) is 8.91. The molecule has 11 heteroatoms. The van der Waals surface area contributed by atoms with Gasteiger partial charge in [-0.15, -0.1) is 0 Å².